The Hall–Kier alpha value is -3.32. The molecule has 1 aliphatic heterocycles. The summed E-state index contributed by atoms with van der Waals surface area (Å²) >= 11 is 1.06. The number of hydrogen-bond donors (Lipinski definition) is 2. The molecule has 2 N–H and O–H groups in total. The van der Waals surface area contributed by atoms with E-state index in [0.717, 1.165) is 50.9 Å². The molecule has 1 fully saturated rings. The molecule has 4 aromatic rings. The zero-order valence-electron chi connectivity index (χ0n) is 16.3. The lowest BCUT2D eigenvalue weighted by atomic mass is 10.0. The Bertz CT molecular complexity index is 1260. The number of fused-ring (bicyclic) bond motifs is 1. The van der Waals surface area contributed by atoms with E-state index in [1.165, 1.54) is 0 Å². The first-order valence-electron chi connectivity index (χ1n) is 9.69. The van der Waals surface area contributed by atoms with Crippen molar-refractivity contribution in [3.05, 3.63) is 77.3 Å². The van der Waals surface area contributed by atoms with Crippen LogP contribution >= 0.6 is 11.8 Å². The van der Waals surface area contributed by atoms with E-state index in [1.54, 1.807) is 0 Å². The summed E-state index contributed by atoms with van der Waals surface area (Å²) in [6.07, 6.45) is 1.13. The quantitative estimate of drug-likeness (QED) is 0.495. The third-order valence-corrected chi connectivity index (χ3v) is 6.24. The Morgan fingerprint density at radius 3 is 2.70 bits per heavy atom. The van der Waals surface area contributed by atoms with Crippen molar-refractivity contribution in [3.63, 3.8) is 0 Å². The minimum atomic E-state index is -0.382. The van der Waals surface area contributed by atoms with E-state index in [-0.39, 0.29) is 16.4 Å². The van der Waals surface area contributed by atoms with Gasteiger partial charge in [-0.25, -0.2) is 4.98 Å². The van der Waals surface area contributed by atoms with Gasteiger partial charge in [0.05, 0.1) is 10.9 Å². The summed E-state index contributed by atoms with van der Waals surface area (Å²) in [7, 11) is 0. The van der Waals surface area contributed by atoms with E-state index >= 15 is 0 Å². The summed E-state index contributed by atoms with van der Waals surface area (Å²) < 4.78 is 5.88. The molecule has 0 aliphatic carbocycles. The number of nitrogens with one attached hydrogen (secondary N) is 2. The van der Waals surface area contributed by atoms with Gasteiger partial charge in [-0.3, -0.25) is 14.9 Å². The molecular weight excluding hydrogens is 398 g/mol. The first-order valence-corrected chi connectivity index (χ1v) is 10.6. The molecular formula is C23H19N3O3S. The van der Waals surface area contributed by atoms with Crippen LogP contribution in [0.4, 0.5) is 4.79 Å². The molecule has 1 aliphatic rings. The average molecular weight is 417 g/mol. The Labute approximate surface area is 177 Å². The number of nitrogens with zero attached hydrogens (tertiary/aromatic N) is 1. The number of rotatable bonds is 5. The van der Waals surface area contributed by atoms with E-state index in [9.17, 15) is 9.59 Å². The SMILES string of the molecule is Cc1oc(-c2ccccc2)nc1Cc1cc2c(CC3SC(=O)NC3=O)cccc2[nH]1. The van der Waals surface area contributed by atoms with Gasteiger partial charge in [0.1, 0.15) is 5.76 Å². The molecule has 2 amide bonds. The maximum atomic E-state index is 11.9. The number of H-pyrrole nitrogens is 1. The molecule has 0 radical (unpaired) electrons. The highest BCUT2D eigenvalue weighted by molar-refractivity contribution is 8.15. The topological polar surface area (TPSA) is 88.0 Å². The number of hydrogen-bond acceptors (Lipinski definition) is 5. The van der Waals surface area contributed by atoms with Crippen LogP contribution in [-0.2, 0) is 17.6 Å². The van der Waals surface area contributed by atoms with Crippen molar-refractivity contribution in [2.75, 3.05) is 0 Å². The van der Waals surface area contributed by atoms with Crippen LogP contribution in [0.2, 0.25) is 0 Å². The molecule has 5 rings (SSSR count). The number of oxazole rings is 1. The molecule has 1 atom stereocenters. The minimum absolute atomic E-state index is 0.218. The van der Waals surface area contributed by atoms with Gasteiger partial charge >= 0.3 is 0 Å². The van der Waals surface area contributed by atoms with Crippen LogP contribution in [0.3, 0.4) is 0 Å². The van der Waals surface area contributed by atoms with Gasteiger partial charge in [0.15, 0.2) is 0 Å². The van der Waals surface area contributed by atoms with Gasteiger partial charge < -0.3 is 9.40 Å². The van der Waals surface area contributed by atoms with Crippen LogP contribution < -0.4 is 5.32 Å². The van der Waals surface area contributed by atoms with E-state index < -0.39 is 0 Å². The fourth-order valence-electron chi connectivity index (χ4n) is 3.75. The summed E-state index contributed by atoms with van der Waals surface area (Å²) in [6, 6.07) is 17.9. The Morgan fingerprint density at radius 2 is 1.93 bits per heavy atom. The number of carbonyl (C=O) groups excluding carboxylic acids is 2. The van der Waals surface area contributed by atoms with Crippen molar-refractivity contribution >= 4 is 33.8 Å². The van der Waals surface area contributed by atoms with Crippen molar-refractivity contribution in [1.82, 2.24) is 15.3 Å². The van der Waals surface area contributed by atoms with Gasteiger partial charge in [0.25, 0.3) is 5.24 Å². The highest BCUT2D eigenvalue weighted by atomic mass is 32.2. The highest BCUT2D eigenvalue weighted by Gasteiger charge is 2.31. The van der Waals surface area contributed by atoms with Gasteiger partial charge in [0, 0.05) is 28.6 Å². The zero-order valence-corrected chi connectivity index (χ0v) is 17.1. The summed E-state index contributed by atoms with van der Waals surface area (Å²) in [4.78, 5) is 31.6. The monoisotopic (exact) mass is 417 g/mol. The van der Waals surface area contributed by atoms with E-state index in [4.69, 9.17) is 4.42 Å². The second-order valence-electron chi connectivity index (χ2n) is 7.32. The van der Waals surface area contributed by atoms with Crippen LogP contribution in [-0.4, -0.2) is 26.4 Å². The lowest BCUT2D eigenvalue weighted by Crippen LogP contribution is -2.25. The zero-order chi connectivity index (χ0) is 20.7. The molecule has 3 heterocycles. The molecule has 0 spiro atoms. The summed E-state index contributed by atoms with van der Waals surface area (Å²) in [5, 5.41) is 2.76. The molecule has 6 nitrogen and oxygen atoms in total. The maximum absolute atomic E-state index is 11.9. The first-order chi connectivity index (χ1) is 14.6. The molecule has 30 heavy (non-hydrogen) atoms. The summed E-state index contributed by atoms with van der Waals surface area (Å²) in [5.74, 6) is 1.20. The minimum Gasteiger partial charge on any atom is -0.441 e. The van der Waals surface area contributed by atoms with E-state index in [0.29, 0.717) is 18.7 Å². The molecule has 150 valence electrons. The van der Waals surface area contributed by atoms with Crippen molar-refractivity contribution < 1.29 is 14.0 Å². The standard InChI is InChI=1S/C23H19N3O3S/c1-13-19(25-22(29-13)14-6-3-2-4-7-14)12-16-11-17-15(8-5-9-18(17)24-16)10-20-21(27)26-23(28)30-20/h2-9,11,20,24H,10,12H2,1H3,(H,26,27,28). The molecule has 0 bridgehead atoms. The molecule has 1 unspecified atom stereocenters. The van der Waals surface area contributed by atoms with Gasteiger partial charge in [-0.1, -0.05) is 42.1 Å². The molecule has 1 saturated heterocycles. The van der Waals surface area contributed by atoms with Crippen molar-refractivity contribution in [2.45, 2.75) is 25.0 Å². The molecule has 2 aromatic heterocycles. The fourth-order valence-corrected chi connectivity index (χ4v) is 4.60. The number of benzene rings is 2. The predicted molar refractivity (Wildman–Crippen MR) is 116 cm³/mol. The Kier molecular flexibility index (Phi) is 4.67. The van der Waals surface area contributed by atoms with Gasteiger partial charge in [0.2, 0.25) is 11.8 Å². The smallest absolute Gasteiger partial charge is 0.286 e. The second-order valence-corrected chi connectivity index (χ2v) is 8.50. The lowest BCUT2D eigenvalue weighted by molar-refractivity contribution is -0.118. The highest BCUT2D eigenvalue weighted by Crippen LogP contribution is 2.29. The molecule has 2 aromatic carbocycles. The number of aromatic nitrogens is 2. The average Bonchev–Trinajstić information content (AvgIpc) is 3.40. The third-order valence-electron chi connectivity index (χ3n) is 5.25. The molecule has 0 saturated carbocycles. The van der Waals surface area contributed by atoms with Crippen LogP contribution in [0.5, 0.6) is 0 Å². The third kappa shape index (κ3) is 3.52. The van der Waals surface area contributed by atoms with E-state index in [1.807, 2.05) is 55.5 Å². The number of imide groups is 1. The van der Waals surface area contributed by atoms with Crippen LogP contribution in [0, 0.1) is 6.92 Å². The fraction of sp³-hybridized carbons (Fsp3) is 0.174. The Morgan fingerprint density at radius 1 is 1.10 bits per heavy atom. The van der Waals surface area contributed by atoms with Crippen molar-refractivity contribution in [1.29, 1.82) is 0 Å². The summed E-state index contributed by atoms with van der Waals surface area (Å²) in [6.45, 7) is 1.93. The number of aryl methyl sites for hydroxylation is 1. The van der Waals surface area contributed by atoms with Crippen LogP contribution in [0.25, 0.3) is 22.4 Å². The summed E-state index contributed by atoms with van der Waals surface area (Å²) in [5.41, 5.74) is 4.90. The van der Waals surface area contributed by atoms with E-state index in [2.05, 4.69) is 21.4 Å². The largest absolute Gasteiger partial charge is 0.441 e. The second kappa shape index (κ2) is 7.50. The van der Waals surface area contributed by atoms with Gasteiger partial charge in [-0.05, 0) is 43.2 Å². The maximum Gasteiger partial charge on any atom is 0.286 e. The Balaban J connectivity index is 1.42. The normalized spacial score (nSPS) is 16.4. The number of aromatic amines is 1. The van der Waals surface area contributed by atoms with Gasteiger partial charge in [-0.2, -0.15) is 0 Å². The van der Waals surface area contributed by atoms with Gasteiger partial charge in [-0.15, -0.1) is 0 Å². The number of carbonyl (C=O) groups is 2. The molecule has 7 heteroatoms. The number of thioether (sulfide) groups is 1. The lowest BCUT2D eigenvalue weighted by Gasteiger charge is -2.06. The predicted octanol–water partition coefficient (Wildman–Crippen LogP) is 4.62. The van der Waals surface area contributed by atoms with Crippen LogP contribution in [0.15, 0.2) is 59.0 Å². The first kappa shape index (κ1) is 18.7. The van der Waals surface area contributed by atoms with Crippen LogP contribution in [0.1, 0.15) is 22.7 Å². The van der Waals surface area contributed by atoms with Crippen molar-refractivity contribution in [2.24, 2.45) is 0 Å². The van der Waals surface area contributed by atoms with Crippen molar-refractivity contribution in [3.8, 4) is 11.5 Å². The number of amides is 2.